The molecule has 156 valence electrons. The number of hydrogen-bond acceptors (Lipinski definition) is 5. The Morgan fingerprint density at radius 1 is 1.00 bits per heavy atom. The first-order valence-corrected chi connectivity index (χ1v) is 10.1. The molecule has 3 aromatic carbocycles. The second-order valence-electron chi connectivity index (χ2n) is 7.43. The van der Waals surface area contributed by atoms with Gasteiger partial charge in [0.05, 0.1) is 5.56 Å². The number of phenols is 1. The number of benzene rings is 3. The van der Waals surface area contributed by atoms with Gasteiger partial charge in [0, 0.05) is 11.3 Å². The van der Waals surface area contributed by atoms with E-state index in [4.69, 9.17) is 16.6 Å². The topological polar surface area (TPSA) is 87.4 Å². The summed E-state index contributed by atoms with van der Waals surface area (Å²) in [5, 5.41) is 16.1. The van der Waals surface area contributed by atoms with E-state index in [9.17, 15) is 9.90 Å². The van der Waals surface area contributed by atoms with Crippen molar-refractivity contribution >= 4 is 40.0 Å². The van der Waals surface area contributed by atoms with Crippen molar-refractivity contribution in [2.45, 2.75) is 20.8 Å². The maximum absolute atomic E-state index is 12.5. The molecule has 1 aromatic heterocycles. The van der Waals surface area contributed by atoms with Crippen LogP contribution in [0.25, 0.3) is 22.6 Å². The molecule has 4 rings (SSSR count). The fourth-order valence-electron chi connectivity index (χ4n) is 3.15. The van der Waals surface area contributed by atoms with Crippen LogP contribution in [0.15, 0.2) is 59.0 Å². The molecule has 0 bridgehead atoms. The van der Waals surface area contributed by atoms with E-state index in [1.807, 2.05) is 51.1 Å². The first-order valence-electron chi connectivity index (χ1n) is 9.70. The summed E-state index contributed by atoms with van der Waals surface area (Å²) in [6, 6.07) is 16.0. The van der Waals surface area contributed by atoms with Gasteiger partial charge in [-0.1, -0.05) is 12.1 Å². The molecule has 0 saturated carbocycles. The van der Waals surface area contributed by atoms with Crippen LogP contribution >= 0.6 is 12.2 Å². The lowest BCUT2D eigenvalue weighted by atomic mass is 10.1. The van der Waals surface area contributed by atoms with Gasteiger partial charge in [0.1, 0.15) is 11.3 Å². The average molecular weight is 432 g/mol. The maximum Gasteiger partial charge on any atom is 0.257 e. The second-order valence-corrected chi connectivity index (χ2v) is 7.84. The minimum atomic E-state index is -0.297. The fourth-order valence-corrected chi connectivity index (χ4v) is 3.36. The number of phenolic OH excluding ortho intramolecular Hbond substituents is 1. The van der Waals surface area contributed by atoms with Crippen LogP contribution in [0, 0.1) is 20.8 Å². The zero-order valence-corrected chi connectivity index (χ0v) is 18.1. The number of thiocarbonyl (C=S) groups is 1. The summed E-state index contributed by atoms with van der Waals surface area (Å²) in [7, 11) is 0. The second kappa shape index (κ2) is 8.20. The molecule has 0 aliphatic heterocycles. The van der Waals surface area contributed by atoms with Gasteiger partial charge in [0.2, 0.25) is 5.89 Å². The third-order valence-corrected chi connectivity index (χ3v) is 5.23. The minimum absolute atomic E-state index is 0.0268. The molecule has 1 heterocycles. The van der Waals surface area contributed by atoms with Crippen LogP contribution < -0.4 is 10.6 Å². The van der Waals surface area contributed by atoms with Crippen LogP contribution in [0.1, 0.15) is 27.0 Å². The van der Waals surface area contributed by atoms with Crippen molar-refractivity contribution in [2.24, 2.45) is 0 Å². The summed E-state index contributed by atoms with van der Waals surface area (Å²) in [6.07, 6.45) is 0. The predicted octanol–water partition coefficient (Wildman–Crippen LogP) is 5.25. The van der Waals surface area contributed by atoms with Gasteiger partial charge in [-0.25, -0.2) is 4.98 Å². The Bertz CT molecular complexity index is 1330. The Hall–Kier alpha value is -3.71. The molecule has 7 heteroatoms. The lowest BCUT2D eigenvalue weighted by Gasteiger charge is -2.11. The van der Waals surface area contributed by atoms with E-state index in [2.05, 4.69) is 15.6 Å². The molecule has 0 saturated heterocycles. The van der Waals surface area contributed by atoms with Gasteiger partial charge in [0.15, 0.2) is 10.7 Å². The average Bonchev–Trinajstić information content (AvgIpc) is 3.14. The number of carbonyl (C=O) groups excluding carboxylic acids is 1. The Morgan fingerprint density at radius 2 is 1.81 bits per heavy atom. The number of carbonyl (C=O) groups is 1. The lowest BCUT2D eigenvalue weighted by Crippen LogP contribution is -2.34. The van der Waals surface area contributed by atoms with Crippen LogP contribution in [0.3, 0.4) is 0 Å². The van der Waals surface area contributed by atoms with Gasteiger partial charge in [-0.15, -0.1) is 0 Å². The van der Waals surface area contributed by atoms with Crippen molar-refractivity contribution in [2.75, 3.05) is 5.32 Å². The van der Waals surface area contributed by atoms with Crippen LogP contribution in [0.4, 0.5) is 5.69 Å². The maximum atomic E-state index is 12.5. The third kappa shape index (κ3) is 4.41. The number of hydrogen-bond donors (Lipinski definition) is 3. The Balaban J connectivity index is 1.53. The molecular weight excluding hydrogens is 410 g/mol. The number of aromatic hydroxyl groups is 1. The summed E-state index contributed by atoms with van der Waals surface area (Å²) in [6.45, 7) is 5.91. The molecule has 6 nitrogen and oxygen atoms in total. The molecule has 4 aromatic rings. The summed E-state index contributed by atoms with van der Waals surface area (Å²) < 4.78 is 5.82. The van der Waals surface area contributed by atoms with Crippen LogP contribution in [0.5, 0.6) is 5.75 Å². The van der Waals surface area contributed by atoms with Gasteiger partial charge >= 0.3 is 0 Å². The number of aromatic nitrogens is 1. The molecule has 0 aliphatic carbocycles. The zero-order valence-electron chi connectivity index (χ0n) is 17.3. The van der Waals surface area contributed by atoms with Crippen molar-refractivity contribution in [3.8, 4) is 17.2 Å². The van der Waals surface area contributed by atoms with Gasteiger partial charge in [0.25, 0.3) is 5.91 Å². The highest BCUT2D eigenvalue weighted by molar-refractivity contribution is 7.80. The number of aryl methyl sites for hydroxylation is 3. The monoisotopic (exact) mass is 431 g/mol. The molecule has 0 atom stereocenters. The van der Waals surface area contributed by atoms with E-state index in [-0.39, 0.29) is 16.8 Å². The number of anilines is 1. The van der Waals surface area contributed by atoms with Crippen molar-refractivity contribution in [3.63, 3.8) is 0 Å². The number of nitrogens with one attached hydrogen (secondary N) is 2. The molecular formula is C24H21N3O3S. The van der Waals surface area contributed by atoms with Gasteiger partial charge in [-0.05, 0) is 92.1 Å². The molecule has 0 aliphatic rings. The highest BCUT2D eigenvalue weighted by Gasteiger charge is 2.15. The van der Waals surface area contributed by atoms with E-state index in [0.717, 1.165) is 16.7 Å². The lowest BCUT2D eigenvalue weighted by molar-refractivity contribution is 0.0977. The quantitative estimate of drug-likeness (QED) is 0.303. The van der Waals surface area contributed by atoms with Gasteiger partial charge in [-0.3, -0.25) is 10.1 Å². The summed E-state index contributed by atoms with van der Waals surface area (Å²) >= 11 is 5.29. The summed E-state index contributed by atoms with van der Waals surface area (Å²) in [5.74, 6) is 0.0275. The predicted molar refractivity (Wildman–Crippen MR) is 125 cm³/mol. The van der Waals surface area contributed by atoms with E-state index < -0.39 is 0 Å². The van der Waals surface area contributed by atoms with Crippen molar-refractivity contribution in [1.29, 1.82) is 0 Å². The van der Waals surface area contributed by atoms with Crippen molar-refractivity contribution in [1.82, 2.24) is 10.3 Å². The molecule has 0 spiro atoms. The van der Waals surface area contributed by atoms with Gasteiger partial charge < -0.3 is 14.8 Å². The number of rotatable bonds is 3. The van der Waals surface area contributed by atoms with Crippen LogP contribution in [0.2, 0.25) is 0 Å². The standard InChI is InChI=1S/C24H21N3O3S/c1-13-4-8-19-21(10-13)30-23(26-19)18-12-17(7-9-20(18)28)25-24(31)27-22(29)16-6-5-14(2)15(3)11-16/h4-12,28H,1-3H3,(H2,25,27,29,31). The number of nitrogens with zero attached hydrogens (tertiary/aromatic N) is 1. The van der Waals surface area contributed by atoms with E-state index in [1.54, 1.807) is 18.2 Å². The number of fused-ring (bicyclic) bond motifs is 1. The largest absolute Gasteiger partial charge is 0.507 e. The molecule has 1 amide bonds. The zero-order chi connectivity index (χ0) is 22.1. The number of oxazole rings is 1. The fraction of sp³-hybridized carbons (Fsp3) is 0.125. The Morgan fingerprint density at radius 3 is 2.58 bits per heavy atom. The normalized spacial score (nSPS) is 10.8. The Kier molecular flexibility index (Phi) is 5.44. The first-order chi connectivity index (χ1) is 14.8. The summed E-state index contributed by atoms with van der Waals surface area (Å²) in [5.41, 5.74) is 6.07. The van der Waals surface area contributed by atoms with E-state index >= 15 is 0 Å². The van der Waals surface area contributed by atoms with Crippen LogP contribution in [-0.4, -0.2) is 21.1 Å². The highest BCUT2D eigenvalue weighted by Crippen LogP contribution is 2.33. The van der Waals surface area contributed by atoms with Crippen molar-refractivity contribution < 1.29 is 14.3 Å². The molecule has 0 unspecified atom stereocenters. The molecule has 31 heavy (non-hydrogen) atoms. The molecule has 0 radical (unpaired) electrons. The first kappa shape index (κ1) is 20.6. The smallest absolute Gasteiger partial charge is 0.257 e. The SMILES string of the molecule is Cc1ccc2nc(-c3cc(NC(=S)NC(=O)c4ccc(C)c(C)c4)ccc3O)oc2c1. The third-order valence-electron chi connectivity index (χ3n) is 5.02. The van der Waals surface area contributed by atoms with Crippen LogP contribution in [-0.2, 0) is 0 Å². The molecule has 0 fully saturated rings. The highest BCUT2D eigenvalue weighted by atomic mass is 32.1. The Labute approximate surface area is 184 Å². The summed E-state index contributed by atoms with van der Waals surface area (Å²) in [4.78, 5) is 16.9. The van der Waals surface area contributed by atoms with E-state index in [0.29, 0.717) is 33.8 Å². The molecule has 3 N–H and O–H groups in total. The van der Waals surface area contributed by atoms with E-state index in [1.165, 1.54) is 6.07 Å². The number of amides is 1. The minimum Gasteiger partial charge on any atom is -0.507 e. The van der Waals surface area contributed by atoms with Gasteiger partial charge in [-0.2, -0.15) is 0 Å². The van der Waals surface area contributed by atoms with Crippen molar-refractivity contribution in [3.05, 3.63) is 76.9 Å².